The normalized spacial score (nSPS) is 14.1. The first kappa shape index (κ1) is 11.9. The highest BCUT2D eigenvalue weighted by molar-refractivity contribution is 5.89. The van der Waals surface area contributed by atoms with Crippen LogP contribution in [0.1, 0.15) is 28.8 Å². The van der Waals surface area contributed by atoms with Gasteiger partial charge in [-0.25, -0.2) is 4.79 Å². The molecule has 0 aliphatic carbocycles. The molecule has 1 aliphatic rings. The maximum atomic E-state index is 10.7. The molecule has 2 rings (SSSR count). The van der Waals surface area contributed by atoms with Gasteiger partial charge in [0.05, 0.1) is 5.56 Å². The van der Waals surface area contributed by atoms with Gasteiger partial charge < -0.3 is 10.4 Å². The van der Waals surface area contributed by atoms with Crippen LogP contribution in [-0.2, 0) is 6.42 Å². The number of anilines is 1. The van der Waals surface area contributed by atoms with Crippen molar-refractivity contribution in [2.45, 2.75) is 19.3 Å². The van der Waals surface area contributed by atoms with Crippen LogP contribution in [-0.4, -0.2) is 17.6 Å². The van der Waals surface area contributed by atoms with Gasteiger partial charge in [-0.2, -0.15) is 0 Å². The van der Waals surface area contributed by atoms with Gasteiger partial charge in [0.1, 0.15) is 0 Å². The van der Waals surface area contributed by atoms with E-state index in [0.29, 0.717) is 5.56 Å². The monoisotopic (exact) mass is 227 g/mol. The summed E-state index contributed by atoms with van der Waals surface area (Å²) in [7, 11) is 0. The zero-order chi connectivity index (χ0) is 9.97. The Morgan fingerprint density at radius 2 is 2.13 bits per heavy atom. The first-order valence-electron chi connectivity index (χ1n) is 4.87. The van der Waals surface area contributed by atoms with Crippen molar-refractivity contribution >= 4 is 24.1 Å². The molecule has 0 saturated heterocycles. The van der Waals surface area contributed by atoms with Crippen LogP contribution in [0.3, 0.4) is 0 Å². The SMILES string of the molecule is Cl.O=C(O)c1ccc2c(c1)NCCCC2. The number of benzene rings is 1. The van der Waals surface area contributed by atoms with Gasteiger partial charge in [0.2, 0.25) is 0 Å². The highest BCUT2D eigenvalue weighted by Crippen LogP contribution is 2.22. The summed E-state index contributed by atoms with van der Waals surface area (Å²) in [4.78, 5) is 10.7. The predicted octanol–water partition coefficient (Wildman–Crippen LogP) is 2.55. The summed E-state index contributed by atoms with van der Waals surface area (Å²) in [5.41, 5.74) is 2.58. The van der Waals surface area contributed by atoms with E-state index in [-0.39, 0.29) is 12.4 Å². The van der Waals surface area contributed by atoms with Crippen molar-refractivity contribution in [3.8, 4) is 0 Å². The lowest BCUT2D eigenvalue weighted by molar-refractivity contribution is 0.0697. The number of aromatic carboxylic acids is 1. The minimum Gasteiger partial charge on any atom is -0.478 e. The van der Waals surface area contributed by atoms with Crippen molar-refractivity contribution in [1.29, 1.82) is 0 Å². The molecule has 0 bridgehead atoms. The Balaban J connectivity index is 0.00000112. The van der Waals surface area contributed by atoms with E-state index in [9.17, 15) is 4.79 Å². The Kier molecular flexibility index (Phi) is 3.97. The Labute approximate surface area is 94.9 Å². The van der Waals surface area contributed by atoms with E-state index in [2.05, 4.69) is 5.32 Å². The number of carboxylic acid groups (broad SMARTS) is 1. The van der Waals surface area contributed by atoms with E-state index < -0.39 is 5.97 Å². The van der Waals surface area contributed by atoms with Gasteiger partial charge in [0.15, 0.2) is 0 Å². The summed E-state index contributed by atoms with van der Waals surface area (Å²) < 4.78 is 0. The van der Waals surface area contributed by atoms with Crippen LogP contribution in [0.2, 0.25) is 0 Å². The molecular weight excluding hydrogens is 214 g/mol. The Morgan fingerprint density at radius 3 is 2.87 bits per heavy atom. The molecule has 2 N–H and O–H groups in total. The average Bonchev–Trinajstić information content (AvgIpc) is 2.41. The summed E-state index contributed by atoms with van der Waals surface area (Å²) in [6.07, 6.45) is 3.37. The number of nitrogens with one attached hydrogen (secondary N) is 1. The molecule has 0 radical (unpaired) electrons. The summed E-state index contributed by atoms with van der Waals surface area (Å²) in [5, 5.41) is 12.1. The van der Waals surface area contributed by atoms with E-state index in [0.717, 1.165) is 25.1 Å². The van der Waals surface area contributed by atoms with Crippen LogP contribution in [0.5, 0.6) is 0 Å². The van der Waals surface area contributed by atoms with Crippen molar-refractivity contribution in [2.24, 2.45) is 0 Å². The molecule has 1 aromatic carbocycles. The van der Waals surface area contributed by atoms with Crippen molar-refractivity contribution < 1.29 is 9.90 Å². The van der Waals surface area contributed by atoms with E-state index in [1.54, 1.807) is 12.1 Å². The third kappa shape index (κ3) is 2.63. The fraction of sp³-hybridized carbons (Fsp3) is 0.364. The van der Waals surface area contributed by atoms with E-state index >= 15 is 0 Å². The number of hydrogen-bond donors (Lipinski definition) is 2. The molecule has 0 amide bonds. The van der Waals surface area contributed by atoms with Crippen LogP contribution < -0.4 is 5.32 Å². The molecule has 1 aromatic rings. The van der Waals surface area contributed by atoms with Crippen LogP contribution >= 0.6 is 12.4 Å². The lowest BCUT2D eigenvalue weighted by Gasteiger charge is -2.07. The second kappa shape index (κ2) is 5.03. The number of carbonyl (C=O) groups is 1. The molecule has 0 fully saturated rings. The first-order chi connectivity index (χ1) is 6.77. The van der Waals surface area contributed by atoms with E-state index in [1.807, 2.05) is 6.07 Å². The third-order valence-electron chi connectivity index (χ3n) is 2.55. The van der Waals surface area contributed by atoms with Crippen LogP contribution in [0.25, 0.3) is 0 Å². The third-order valence-corrected chi connectivity index (χ3v) is 2.55. The van der Waals surface area contributed by atoms with Gasteiger partial charge in [-0.3, -0.25) is 0 Å². The molecular formula is C11H14ClNO2. The van der Waals surface area contributed by atoms with Gasteiger partial charge >= 0.3 is 5.97 Å². The van der Waals surface area contributed by atoms with Crippen molar-refractivity contribution in [2.75, 3.05) is 11.9 Å². The molecule has 0 saturated carbocycles. The average molecular weight is 228 g/mol. The van der Waals surface area contributed by atoms with Crippen LogP contribution in [0, 0.1) is 0 Å². The van der Waals surface area contributed by atoms with Crippen molar-refractivity contribution in [3.63, 3.8) is 0 Å². The highest BCUT2D eigenvalue weighted by atomic mass is 35.5. The molecule has 0 aromatic heterocycles. The lowest BCUT2D eigenvalue weighted by Crippen LogP contribution is -2.02. The van der Waals surface area contributed by atoms with Gasteiger partial charge in [-0.05, 0) is 37.0 Å². The number of rotatable bonds is 1. The van der Waals surface area contributed by atoms with Gasteiger partial charge in [0.25, 0.3) is 0 Å². The second-order valence-electron chi connectivity index (χ2n) is 3.56. The zero-order valence-electron chi connectivity index (χ0n) is 8.32. The Morgan fingerprint density at radius 1 is 1.33 bits per heavy atom. The lowest BCUT2D eigenvalue weighted by atomic mass is 10.1. The van der Waals surface area contributed by atoms with Crippen molar-refractivity contribution in [3.05, 3.63) is 29.3 Å². The first-order valence-corrected chi connectivity index (χ1v) is 4.87. The highest BCUT2D eigenvalue weighted by Gasteiger charge is 2.10. The van der Waals surface area contributed by atoms with E-state index in [1.165, 1.54) is 12.0 Å². The summed E-state index contributed by atoms with van der Waals surface area (Å²) >= 11 is 0. The minimum absolute atomic E-state index is 0. The van der Waals surface area contributed by atoms with Crippen LogP contribution in [0.4, 0.5) is 5.69 Å². The number of hydrogen-bond acceptors (Lipinski definition) is 2. The smallest absolute Gasteiger partial charge is 0.335 e. The molecule has 3 nitrogen and oxygen atoms in total. The number of fused-ring (bicyclic) bond motifs is 1. The minimum atomic E-state index is -0.862. The second-order valence-corrected chi connectivity index (χ2v) is 3.56. The summed E-state index contributed by atoms with van der Waals surface area (Å²) in [6, 6.07) is 5.31. The molecule has 15 heavy (non-hydrogen) atoms. The van der Waals surface area contributed by atoms with Crippen molar-refractivity contribution in [1.82, 2.24) is 0 Å². The number of carboxylic acids is 1. The Bertz CT molecular complexity index is 366. The maximum Gasteiger partial charge on any atom is 0.335 e. The molecule has 4 heteroatoms. The summed E-state index contributed by atoms with van der Waals surface area (Å²) in [6.45, 7) is 0.941. The number of halogens is 1. The molecule has 0 spiro atoms. The van der Waals surface area contributed by atoms with Crippen LogP contribution in [0.15, 0.2) is 18.2 Å². The fourth-order valence-electron chi connectivity index (χ4n) is 1.76. The summed E-state index contributed by atoms with van der Waals surface area (Å²) in [5.74, 6) is -0.862. The number of aryl methyl sites for hydroxylation is 1. The fourth-order valence-corrected chi connectivity index (χ4v) is 1.76. The quantitative estimate of drug-likeness (QED) is 0.775. The molecule has 1 aliphatic heterocycles. The van der Waals surface area contributed by atoms with Gasteiger partial charge in [-0.15, -0.1) is 12.4 Å². The molecule has 0 atom stereocenters. The maximum absolute atomic E-state index is 10.7. The molecule has 0 unspecified atom stereocenters. The Hall–Kier alpha value is -1.22. The molecule has 1 heterocycles. The largest absolute Gasteiger partial charge is 0.478 e. The molecule has 82 valence electrons. The zero-order valence-corrected chi connectivity index (χ0v) is 9.14. The van der Waals surface area contributed by atoms with Gasteiger partial charge in [-0.1, -0.05) is 6.07 Å². The topological polar surface area (TPSA) is 49.3 Å². The standard InChI is InChI=1S/C11H13NO2.ClH/c13-11(14)9-5-4-8-3-1-2-6-12-10(8)7-9;/h4-5,7,12H,1-3,6H2,(H,13,14);1H. The predicted molar refractivity (Wildman–Crippen MR) is 62.1 cm³/mol. The van der Waals surface area contributed by atoms with Gasteiger partial charge in [0, 0.05) is 12.2 Å². The van der Waals surface area contributed by atoms with E-state index in [4.69, 9.17) is 5.11 Å².